The van der Waals surface area contributed by atoms with Gasteiger partial charge in [-0.05, 0) is 24.3 Å². The van der Waals surface area contributed by atoms with Crippen molar-refractivity contribution in [3.8, 4) is 0 Å². The van der Waals surface area contributed by atoms with Gasteiger partial charge < -0.3 is 10.6 Å². The summed E-state index contributed by atoms with van der Waals surface area (Å²) >= 11 is 0. The molecule has 0 unspecified atom stereocenters. The van der Waals surface area contributed by atoms with Gasteiger partial charge in [-0.2, -0.15) is 8.78 Å². The summed E-state index contributed by atoms with van der Waals surface area (Å²) in [5.41, 5.74) is -1.46. The molecule has 4 nitrogen and oxygen atoms in total. The van der Waals surface area contributed by atoms with Crippen LogP contribution in [-0.2, 0) is 4.79 Å². The molecule has 0 bridgehead atoms. The topological polar surface area (TPSA) is 58.2 Å². The third-order valence-corrected chi connectivity index (χ3v) is 2.85. The van der Waals surface area contributed by atoms with Crippen LogP contribution < -0.4 is 10.6 Å². The molecule has 9 heteroatoms. The van der Waals surface area contributed by atoms with E-state index in [2.05, 4.69) is 0 Å². The molecule has 2 N–H and O–H groups in total. The van der Waals surface area contributed by atoms with Crippen molar-refractivity contribution in [2.24, 2.45) is 0 Å². The van der Waals surface area contributed by atoms with Crippen LogP contribution in [0.3, 0.4) is 0 Å². The minimum Gasteiger partial charge on any atom is -0.319 e. The summed E-state index contributed by atoms with van der Waals surface area (Å²) in [6.45, 7) is 0. The molecular formula is C15H9F5N2O2. The van der Waals surface area contributed by atoms with Crippen molar-refractivity contribution in [3.05, 3.63) is 59.4 Å². The SMILES string of the molecule is O=C(Nc1cc(NC(=O)C(F)F)c(F)cc1F)c1cccc(F)c1. The van der Waals surface area contributed by atoms with E-state index < -0.39 is 47.1 Å². The maximum Gasteiger partial charge on any atom is 0.315 e. The second kappa shape index (κ2) is 7.07. The van der Waals surface area contributed by atoms with E-state index in [4.69, 9.17) is 0 Å². The highest BCUT2D eigenvalue weighted by atomic mass is 19.3. The Hall–Kier alpha value is -2.97. The molecule has 0 spiro atoms. The van der Waals surface area contributed by atoms with E-state index in [9.17, 15) is 31.5 Å². The Morgan fingerprint density at radius 1 is 0.875 bits per heavy atom. The fraction of sp³-hybridized carbons (Fsp3) is 0.0667. The maximum absolute atomic E-state index is 13.7. The van der Waals surface area contributed by atoms with Gasteiger partial charge >= 0.3 is 6.43 Å². The normalized spacial score (nSPS) is 10.6. The number of alkyl halides is 2. The summed E-state index contributed by atoms with van der Waals surface area (Å²) in [7, 11) is 0. The molecule has 0 aliphatic rings. The van der Waals surface area contributed by atoms with Gasteiger partial charge in [-0.1, -0.05) is 6.07 Å². The van der Waals surface area contributed by atoms with Crippen molar-refractivity contribution in [2.75, 3.05) is 10.6 Å². The molecule has 0 fully saturated rings. The number of carbonyl (C=O) groups is 2. The van der Waals surface area contributed by atoms with E-state index in [0.717, 1.165) is 12.1 Å². The lowest BCUT2D eigenvalue weighted by Gasteiger charge is -2.11. The van der Waals surface area contributed by atoms with Gasteiger partial charge in [0.1, 0.15) is 17.5 Å². The summed E-state index contributed by atoms with van der Waals surface area (Å²) < 4.78 is 64.6. The molecule has 0 saturated carbocycles. The van der Waals surface area contributed by atoms with Gasteiger partial charge in [-0.25, -0.2) is 13.2 Å². The van der Waals surface area contributed by atoms with Gasteiger partial charge in [-0.15, -0.1) is 0 Å². The van der Waals surface area contributed by atoms with E-state index >= 15 is 0 Å². The molecule has 126 valence electrons. The highest BCUT2D eigenvalue weighted by Gasteiger charge is 2.19. The first-order valence-electron chi connectivity index (χ1n) is 6.43. The van der Waals surface area contributed by atoms with Crippen LogP contribution in [0.2, 0.25) is 0 Å². The first-order valence-corrected chi connectivity index (χ1v) is 6.43. The second-order valence-corrected chi connectivity index (χ2v) is 4.57. The van der Waals surface area contributed by atoms with Gasteiger partial charge in [0.05, 0.1) is 11.4 Å². The summed E-state index contributed by atoms with van der Waals surface area (Å²) in [4.78, 5) is 22.8. The van der Waals surface area contributed by atoms with E-state index in [1.54, 1.807) is 5.32 Å². The quantitative estimate of drug-likeness (QED) is 0.834. The molecule has 2 aromatic carbocycles. The van der Waals surface area contributed by atoms with Crippen molar-refractivity contribution in [2.45, 2.75) is 6.43 Å². The number of carbonyl (C=O) groups excluding carboxylic acids is 2. The summed E-state index contributed by atoms with van der Waals surface area (Å²) in [5.74, 6) is -5.90. The number of rotatable bonds is 4. The van der Waals surface area contributed by atoms with Gasteiger partial charge in [0, 0.05) is 11.6 Å². The lowest BCUT2D eigenvalue weighted by atomic mass is 10.2. The number of halogens is 5. The average molecular weight is 344 g/mol. The maximum atomic E-state index is 13.7. The second-order valence-electron chi connectivity index (χ2n) is 4.57. The van der Waals surface area contributed by atoms with Gasteiger partial charge in [0.2, 0.25) is 0 Å². The summed E-state index contributed by atoms with van der Waals surface area (Å²) in [6.07, 6.45) is -3.40. The van der Waals surface area contributed by atoms with Crippen LogP contribution >= 0.6 is 0 Å². The third kappa shape index (κ3) is 4.06. The zero-order valence-corrected chi connectivity index (χ0v) is 11.7. The molecule has 0 aromatic heterocycles. The molecule has 2 rings (SSSR count). The minimum atomic E-state index is -3.40. The molecule has 24 heavy (non-hydrogen) atoms. The van der Waals surface area contributed by atoms with Crippen molar-refractivity contribution >= 4 is 23.2 Å². The Balaban J connectivity index is 2.26. The number of hydrogen-bond donors (Lipinski definition) is 2. The predicted molar refractivity (Wildman–Crippen MR) is 75.3 cm³/mol. The molecule has 2 aromatic rings. The Labute approximate surface area is 132 Å². The molecular weight excluding hydrogens is 335 g/mol. The van der Waals surface area contributed by atoms with E-state index in [-0.39, 0.29) is 5.56 Å². The number of amides is 2. The fourth-order valence-corrected chi connectivity index (χ4v) is 1.75. The van der Waals surface area contributed by atoms with Crippen molar-refractivity contribution in [1.29, 1.82) is 0 Å². The lowest BCUT2D eigenvalue weighted by Crippen LogP contribution is -2.21. The molecule has 0 aliphatic carbocycles. The minimum absolute atomic E-state index is 0.142. The molecule has 0 heterocycles. The van der Waals surface area contributed by atoms with Crippen molar-refractivity contribution in [3.63, 3.8) is 0 Å². The van der Waals surface area contributed by atoms with Gasteiger partial charge in [0.15, 0.2) is 0 Å². The molecule has 0 atom stereocenters. The number of nitrogens with one attached hydrogen (secondary N) is 2. The Bertz CT molecular complexity index is 795. The van der Waals surface area contributed by atoms with Crippen LogP contribution in [0.1, 0.15) is 10.4 Å². The van der Waals surface area contributed by atoms with Crippen LogP contribution in [0, 0.1) is 17.5 Å². The lowest BCUT2D eigenvalue weighted by molar-refractivity contribution is -0.126. The van der Waals surface area contributed by atoms with E-state index in [1.165, 1.54) is 12.1 Å². The van der Waals surface area contributed by atoms with Crippen LogP contribution in [0.4, 0.5) is 33.3 Å². The zero-order valence-electron chi connectivity index (χ0n) is 11.7. The Morgan fingerprint density at radius 3 is 2.08 bits per heavy atom. The largest absolute Gasteiger partial charge is 0.319 e. The highest BCUT2D eigenvalue weighted by molar-refractivity contribution is 6.04. The first-order chi connectivity index (χ1) is 11.3. The van der Waals surface area contributed by atoms with Gasteiger partial charge in [-0.3, -0.25) is 9.59 Å². The van der Waals surface area contributed by atoms with Crippen molar-refractivity contribution < 1.29 is 31.5 Å². The van der Waals surface area contributed by atoms with Gasteiger partial charge in [0.25, 0.3) is 11.8 Å². The molecule has 2 amide bonds. The molecule has 0 saturated heterocycles. The number of anilines is 2. The number of hydrogen-bond acceptors (Lipinski definition) is 2. The van der Waals surface area contributed by atoms with Crippen LogP contribution in [0.5, 0.6) is 0 Å². The number of benzene rings is 2. The standard InChI is InChI=1S/C15H9F5N2O2/c16-8-3-1-2-7(4-8)14(23)21-11-6-12(10(18)5-9(11)17)22-15(24)13(19)20/h1-6,13H,(H,21,23)(H,22,24). The van der Waals surface area contributed by atoms with Crippen LogP contribution in [-0.4, -0.2) is 18.2 Å². The monoisotopic (exact) mass is 344 g/mol. The third-order valence-electron chi connectivity index (χ3n) is 2.85. The van der Waals surface area contributed by atoms with Crippen LogP contribution in [0.15, 0.2) is 36.4 Å². The zero-order chi connectivity index (χ0) is 17.9. The van der Waals surface area contributed by atoms with E-state index in [0.29, 0.717) is 12.1 Å². The Morgan fingerprint density at radius 2 is 1.50 bits per heavy atom. The summed E-state index contributed by atoms with van der Waals surface area (Å²) in [6, 6.07) is 5.42. The Kier molecular flexibility index (Phi) is 5.12. The van der Waals surface area contributed by atoms with Crippen molar-refractivity contribution in [1.82, 2.24) is 0 Å². The fourth-order valence-electron chi connectivity index (χ4n) is 1.75. The summed E-state index contributed by atoms with van der Waals surface area (Å²) in [5, 5.41) is 3.60. The predicted octanol–water partition coefficient (Wildman–Crippen LogP) is 3.56. The highest BCUT2D eigenvalue weighted by Crippen LogP contribution is 2.24. The molecule has 0 aliphatic heterocycles. The smallest absolute Gasteiger partial charge is 0.315 e. The van der Waals surface area contributed by atoms with E-state index in [1.807, 2.05) is 5.32 Å². The molecule has 0 radical (unpaired) electrons. The first kappa shape index (κ1) is 17.4. The van der Waals surface area contributed by atoms with Crippen LogP contribution in [0.25, 0.3) is 0 Å². The average Bonchev–Trinajstić information content (AvgIpc) is 2.51.